The molecule has 4 amide bonds. The van der Waals surface area contributed by atoms with Crippen LogP contribution in [-0.2, 0) is 0 Å². The van der Waals surface area contributed by atoms with Crippen LogP contribution in [0.5, 0.6) is 0 Å². The topological polar surface area (TPSA) is 116 Å². The van der Waals surface area contributed by atoms with Crippen LogP contribution in [0.4, 0.5) is 0 Å². The summed E-state index contributed by atoms with van der Waals surface area (Å²) in [5.41, 5.74) is 2.23. The molecule has 0 aliphatic rings. The Morgan fingerprint density at radius 3 is 0.734 bits per heavy atom. The van der Waals surface area contributed by atoms with Crippen LogP contribution < -0.4 is 27.8 Å². The van der Waals surface area contributed by atoms with E-state index in [0.717, 1.165) is 19.6 Å². The number of rotatable bonds is 22. The Bertz CT molecular complexity index is 2210. The molecule has 0 saturated heterocycles. The van der Waals surface area contributed by atoms with Gasteiger partial charge in [-0.2, -0.15) is 0 Å². The molecule has 5 rings (SSSR count). The fourth-order valence-corrected chi connectivity index (χ4v) is 46.1. The molecule has 0 fully saturated rings. The van der Waals surface area contributed by atoms with E-state index in [-0.39, 0.29) is 23.6 Å². The van der Waals surface area contributed by atoms with Crippen molar-refractivity contribution in [2.75, 3.05) is 0 Å². The summed E-state index contributed by atoms with van der Waals surface area (Å²) in [5, 5.41) is 11.0. The van der Waals surface area contributed by atoms with Gasteiger partial charge in [-0.1, -0.05) is 0 Å². The first-order valence-electron chi connectivity index (χ1n) is 19.4. The van der Waals surface area contributed by atoms with Crippen molar-refractivity contribution in [1.29, 1.82) is 0 Å². The van der Waals surface area contributed by atoms with Crippen molar-refractivity contribution in [2.45, 2.75) is 19.6 Å². The second-order valence-electron chi connectivity index (χ2n) is 12.8. The number of nitrogens with one attached hydrogen (secondary N) is 4. The maximum atomic E-state index is 12.7. The molecular formula is C50H44Bi2N4O4S4. The molecule has 0 saturated carbocycles. The summed E-state index contributed by atoms with van der Waals surface area (Å²) in [6, 6.07) is 39.8. The van der Waals surface area contributed by atoms with E-state index in [9.17, 15) is 19.2 Å². The molecule has 0 aliphatic heterocycles. The predicted octanol–water partition coefficient (Wildman–Crippen LogP) is 9.96. The van der Waals surface area contributed by atoms with Gasteiger partial charge in [-0.15, -0.1) is 0 Å². The van der Waals surface area contributed by atoms with Crippen LogP contribution in [0.1, 0.15) is 41.4 Å². The minimum absolute atomic E-state index is 0.198. The molecule has 0 heterocycles. The molecule has 0 radical (unpaired) electrons. The monoisotopic (exact) mass is 1310 g/mol. The second kappa shape index (κ2) is 27.4. The van der Waals surface area contributed by atoms with E-state index < -0.39 is 37.6 Å². The Kier molecular flexibility index (Phi) is 21.4. The molecule has 0 spiro atoms. The second-order valence-corrected chi connectivity index (χ2v) is 48.8. The quantitative estimate of drug-likeness (QED) is 0.0400. The summed E-state index contributed by atoms with van der Waals surface area (Å²) in [6.45, 7) is 14.6. The third-order valence-electron chi connectivity index (χ3n) is 8.28. The van der Waals surface area contributed by atoms with Crippen molar-refractivity contribution in [2.24, 2.45) is 0 Å². The standard InChI is InChI=1S/4C11H11NOS.C6H4.2Bi/c4*1-2-3-8-12-11(13)9-4-6-10(14)7-5-9;1-2-4-6-5-3-1;;/h4*2-8,14H,1H2,(H,12,13);1-2,5-6H;;/q;;;;;2*+2/p-4. The van der Waals surface area contributed by atoms with Crippen LogP contribution in [0, 0.1) is 0 Å². The van der Waals surface area contributed by atoms with Crippen molar-refractivity contribution >= 4 is 102 Å². The summed E-state index contributed by atoms with van der Waals surface area (Å²) in [7, 11) is 7.50. The van der Waals surface area contributed by atoms with Gasteiger partial charge in [-0.05, 0) is 0 Å². The van der Waals surface area contributed by atoms with Gasteiger partial charge in [0.2, 0.25) is 0 Å². The number of benzene rings is 5. The molecule has 0 bridgehead atoms. The molecule has 4 N–H and O–H groups in total. The molecule has 0 aliphatic carbocycles. The van der Waals surface area contributed by atoms with Crippen LogP contribution in [0.3, 0.4) is 0 Å². The fraction of sp³-hybridized carbons (Fsp3) is 0. The van der Waals surface area contributed by atoms with Gasteiger partial charge in [0, 0.05) is 0 Å². The van der Waals surface area contributed by atoms with Gasteiger partial charge in [0.1, 0.15) is 0 Å². The van der Waals surface area contributed by atoms with Crippen molar-refractivity contribution in [3.05, 3.63) is 243 Å². The SMILES string of the molecule is C=CC=CNC(=O)c1ccc([S][Bi]([S]c2ccc(C(=O)NC=CC=C)cc2)[c]2cc[c]([Bi]([S]c3ccc(C(=O)NC=CC=C)cc3)[S]c3ccc(C(=O)NC=CC=C)cc3)cc2)cc1. The average molecular weight is 1310 g/mol. The molecule has 14 heteroatoms. The van der Waals surface area contributed by atoms with Crippen molar-refractivity contribution in [3.8, 4) is 0 Å². The molecule has 5 aromatic carbocycles. The zero-order valence-electron chi connectivity index (χ0n) is 34.5. The van der Waals surface area contributed by atoms with Gasteiger partial charge in [0.15, 0.2) is 0 Å². The molecule has 322 valence electrons. The Labute approximate surface area is 401 Å². The maximum absolute atomic E-state index is 12.7. The van der Waals surface area contributed by atoms with Crippen molar-refractivity contribution in [3.63, 3.8) is 0 Å². The van der Waals surface area contributed by atoms with E-state index in [0.29, 0.717) is 22.3 Å². The predicted molar refractivity (Wildman–Crippen MR) is 274 cm³/mol. The zero-order valence-corrected chi connectivity index (χ0v) is 44.7. The molecule has 64 heavy (non-hydrogen) atoms. The third-order valence-corrected chi connectivity index (χ3v) is 49.3. The Morgan fingerprint density at radius 1 is 0.344 bits per heavy atom. The van der Waals surface area contributed by atoms with Gasteiger partial charge in [0.05, 0.1) is 0 Å². The van der Waals surface area contributed by atoms with Crippen LogP contribution in [0.15, 0.2) is 241 Å². The summed E-state index contributed by atoms with van der Waals surface area (Å²) in [4.78, 5) is 55.0. The Balaban J connectivity index is 1.43. The average Bonchev–Trinajstić information content (AvgIpc) is 3.32. The number of carbonyl (C=O) groups is 4. The number of carbonyl (C=O) groups excluding carboxylic acids is 4. The van der Waals surface area contributed by atoms with E-state index in [4.69, 9.17) is 0 Å². The van der Waals surface area contributed by atoms with E-state index in [1.54, 1.807) is 73.4 Å². The van der Waals surface area contributed by atoms with Crippen LogP contribution in [0.25, 0.3) is 0 Å². The molecule has 0 aromatic heterocycles. The number of allylic oxidation sites excluding steroid dienone is 8. The number of hydrogen-bond donors (Lipinski definition) is 4. The number of amides is 4. The molecule has 8 nitrogen and oxygen atoms in total. The first-order chi connectivity index (χ1) is 31.2. The van der Waals surface area contributed by atoms with Gasteiger partial charge < -0.3 is 0 Å². The van der Waals surface area contributed by atoms with Crippen molar-refractivity contribution < 1.29 is 19.2 Å². The minimum atomic E-state index is -2.76. The summed E-state index contributed by atoms with van der Waals surface area (Å²) < 4.78 is 2.59. The molecule has 5 aromatic rings. The van der Waals surface area contributed by atoms with Gasteiger partial charge in [-0.3, -0.25) is 0 Å². The fourth-order valence-electron chi connectivity index (χ4n) is 5.10. The first kappa shape index (κ1) is 50.1. The third kappa shape index (κ3) is 16.3. The zero-order chi connectivity index (χ0) is 45.5. The number of hydrogen-bond acceptors (Lipinski definition) is 8. The first-order valence-corrected chi connectivity index (χ1v) is 43.0. The van der Waals surface area contributed by atoms with Crippen LogP contribution >= 0.6 is 34.1 Å². The summed E-state index contributed by atoms with van der Waals surface area (Å²) in [5.74, 6) is -0.793. The van der Waals surface area contributed by atoms with E-state index in [1.165, 1.54) is 6.54 Å². The van der Waals surface area contributed by atoms with Gasteiger partial charge in [0.25, 0.3) is 0 Å². The Hall–Kier alpha value is -4.93. The van der Waals surface area contributed by atoms with Gasteiger partial charge in [-0.25, -0.2) is 0 Å². The van der Waals surface area contributed by atoms with E-state index in [1.807, 2.05) is 131 Å². The molecule has 0 unspecified atom stereocenters. The van der Waals surface area contributed by atoms with E-state index >= 15 is 0 Å². The van der Waals surface area contributed by atoms with Gasteiger partial charge >= 0.3 is 405 Å². The summed E-state index contributed by atoms with van der Waals surface area (Å²) >= 11 is -5.53. The summed E-state index contributed by atoms with van der Waals surface area (Å²) in [6.07, 6.45) is 19.3. The van der Waals surface area contributed by atoms with Crippen molar-refractivity contribution in [1.82, 2.24) is 21.3 Å². The van der Waals surface area contributed by atoms with Crippen LogP contribution in [-0.4, -0.2) is 61.3 Å². The van der Waals surface area contributed by atoms with Crippen LogP contribution in [0.2, 0.25) is 0 Å². The molecule has 0 atom stereocenters. The van der Waals surface area contributed by atoms with E-state index in [2.05, 4.69) is 71.8 Å². The molecular weight excluding hydrogens is 1270 g/mol. The Morgan fingerprint density at radius 2 is 0.547 bits per heavy atom. The normalized spacial score (nSPS) is 11.3.